The number of aromatic nitrogens is 2. The number of nitrogens with zero attached hydrogens (tertiary/aromatic N) is 1. The third-order valence-corrected chi connectivity index (χ3v) is 5.25. The zero-order valence-corrected chi connectivity index (χ0v) is 12.1. The van der Waals surface area contributed by atoms with Gasteiger partial charge < -0.3 is 15.4 Å². The van der Waals surface area contributed by atoms with Gasteiger partial charge >= 0.3 is 0 Å². The average molecular weight is 290 g/mol. The highest BCUT2D eigenvalue weighted by atomic mass is 16.5. The van der Waals surface area contributed by atoms with Crippen molar-refractivity contribution in [1.82, 2.24) is 15.5 Å². The van der Waals surface area contributed by atoms with Crippen LogP contribution in [0.2, 0.25) is 0 Å². The lowest BCUT2D eigenvalue weighted by Gasteiger charge is -2.17. The van der Waals surface area contributed by atoms with Gasteiger partial charge in [-0.1, -0.05) is 6.42 Å². The molecule has 2 saturated heterocycles. The Labute approximate surface area is 124 Å². The fourth-order valence-electron chi connectivity index (χ4n) is 4.10. The molecule has 1 saturated carbocycles. The maximum atomic E-state index is 12.5. The van der Waals surface area contributed by atoms with Gasteiger partial charge in [0.2, 0.25) is 0 Å². The number of nitrogens with one attached hydrogen (secondary N) is 3. The SMILES string of the molecule is O=C(Nc1cn[nH]c1C1CCNC1)[C@@H]1OC[C@@H]2CCC[C@@H]21. The average Bonchev–Trinajstić information content (AvgIpc) is 3.23. The summed E-state index contributed by atoms with van der Waals surface area (Å²) in [4.78, 5) is 12.5. The van der Waals surface area contributed by atoms with Crippen LogP contribution < -0.4 is 10.6 Å². The van der Waals surface area contributed by atoms with Gasteiger partial charge in [-0.2, -0.15) is 5.10 Å². The van der Waals surface area contributed by atoms with Crippen molar-refractivity contribution in [2.24, 2.45) is 11.8 Å². The summed E-state index contributed by atoms with van der Waals surface area (Å²) in [7, 11) is 0. The third-order valence-electron chi connectivity index (χ3n) is 5.25. The third kappa shape index (κ3) is 2.36. The van der Waals surface area contributed by atoms with E-state index in [0.29, 0.717) is 17.8 Å². The van der Waals surface area contributed by atoms with Gasteiger partial charge in [-0.25, -0.2) is 0 Å². The summed E-state index contributed by atoms with van der Waals surface area (Å²) >= 11 is 0. The van der Waals surface area contributed by atoms with Crippen molar-refractivity contribution in [2.75, 3.05) is 25.0 Å². The van der Waals surface area contributed by atoms with E-state index in [2.05, 4.69) is 20.8 Å². The smallest absolute Gasteiger partial charge is 0.253 e. The van der Waals surface area contributed by atoms with Crippen molar-refractivity contribution in [3.63, 3.8) is 0 Å². The molecule has 3 N–H and O–H groups in total. The first-order chi connectivity index (χ1) is 10.3. The number of anilines is 1. The standard InChI is InChI=1S/C15H22N4O2/c20-15(14-11-3-1-2-10(11)8-21-14)18-12-7-17-19-13(12)9-4-5-16-6-9/h7,9-11,14,16H,1-6,8H2,(H,17,19)(H,18,20)/t9?,10-,11-,14+/m0/s1. The summed E-state index contributed by atoms with van der Waals surface area (Å²) in [5.74, 6) is 1.40. The first-order valence-corrected chi connectivity index (χ1v) is 7.99. The van der Waals surface area contributed by atoms with Crippen LogP contribution in [0.1, 0.15) is 37.3 Å². The van der Waals surface area contributed by atoms with Crippen LogP contribution >= 0.6 is 0 Å². The predicted octanol–water partition coefficient (Wildman–Crippen LogP) is 1.24. The van der Waals surface area contributed by atoms with Gasteiger partial charge in [0.25, 0.3) is 5.91 Å². The highest BCUT2D eigenvalue weighted by Gasteiger charge is 2.44. The number of carbonyl (C=O) groups is 1. The van der Waals surface area contributed by atoms with Crippen LogP contribution in [0.25, 0.3) is 0 Å². The van der Waals surface area contributed by atoms with Gasteiger partial charge in [0.15, 0.2) is 0 Å². The number of fused-ring (bicyclic) bond motifs is 1. The molecule has 0 radical (unpaired) electrons. The molecule has 3 heterocycles. The first kappa shape index (κ1) is 13.3. The highest BCUT2D eigenvalue weighted by Crippen LogP contribution is 2.41. The van der Waals surface area contributed by atoms with Crippen molar-refractivity contribution in [3.8, 4) is 0 Å². The zero-order valence-electron chi connectivity index (χ0n) is 12.1. The number of rotatable bonds is 3. The van der Waals surface area contributed by atoms with Gasteiger partial charge in [0.1, 0.15) is 6.10 Å². The number of hydrogen-bond donors (Lipinski definition) is 3. The Morgan fingerprint density at radius 2 is 2.33 bits per heavy atom. The van der Waals surface area contributed by atoms with Gasteiger partial charge in [0, 0.05) is 12.5 Å². The van der Waals surface area contributed by atoms with E-state index < -0.39 is 0 Å². The molecule has 1 aliphatic carbocycles. The van der Waals surface area contributed by atoms with Crippen LogP contribution in [0, 0.1) is 11.8 Å². The second-order valence-electron chi connectivity index (χ2n) is 6.49. The summed E-state index contributed by atoms with van der Waals surface area (Å²) < 4.78 is 5.74. The molecule has 1 unspecified atom stereocenters. The van der Waals surface area contributed by atoms with Crippen LogP contribution in [-0.2, 0) is 9.53 Å². The molecule has 1 aromatic heterocycles. The van der Waals surface area contributed by atoms with Crippen LogP contribution in [-0.4, -0.2) is 41.9 Å². The van der Waals surface area contributed by atoms with E-state index in [0.717, 1.165) is 43.9 Å². The Bertz CT molecular complexity index is 523. The summed E-state index contributed by atoms with van der Waals surface area (Å²) in [5, 5.41) is 13.5. The van der Waals surface area contributed by atoms with Crippen molar-refractivity contribution in [1.29, 1.82) is 0 Å². The Balaban J connectivity index is 1.46. The second kappa shape index (κ2) is 5.42. The van der Waals surface area contributed by atoms with Crippen molar-refractivity contribution >= 4 is 11.6 Å². The topological polar surface area (TPSA) is 79.0 Å². The minimum Gasteiger partial charge on any atom is -0.368 e. The number of amides is 1. The Morgan fingerprint density at radius 3 is 3.19 bits per heavy atom. The number of ether oxygens (including phenoxy) is 1. The predicted molar refractivity (Wildman–Crippen MR) is 78.0 cm³/mol. The van der Waals surface area contributed by atoms with E-state index >= 15 is 0 Å². The lowest BCUT2D eigenvalue weighted by Crippen LogP contribution is -2.32. The monoisotopic (exact) mass is 290 g/mol. The number of carbonyl (C=O) groups excluding carboxylic acids is 1. The van der Waals surface area contributed by atoms with E-state index in [9.17, 15) is 4.79 Å². The molecule has 2 aliphatic heterocycles. The zero-order chi connectivity index (χ0) is 14.2. The second-order valence-corrected chi connectivity index (χ2v) is 6.49. The maximum absolute atomic E-state index is 12.5. The summed E-state index contributed by atoms with van der Waals surface area (Å²) in [6, 6.07) is 0. The first-order valence-electron chi connectivity index (χ1n) is 7.99. The van der Waals surface area contributed by atoms with Crippen molar-refractivity contribution < 1.29 is 9.53 Å². The molecule has 1 amide bonds. The summed E-state index contributed by atoms with van der Waals surface area (Å²) in [6.45, 7) is 2.70. The van der Waals surface area contributed by atoms with Crippen LogP contribution in [0.5, 0.6) is 0 Å². The fourth-order valence-corrected chi connectivity index (χ4v) is 4.10. The van der Waals surface area contributed by atoms with E-state index in [-0.39, 0.29) is 12.0 Å². The van der Waals surface area contributed by atoms with Gasteiger partial charge in [-0.05, 0) is 37.6 Å². The quantitative estimate of drug-likeness (QED) is 0.782. The molecule has 4 rings (SSSR count). The lowest BCUT2D eigenvalue weighted by atomic mass is 9.94. The summed E-state index contributed by atoms with van der Waals surface area (Å²) in [5.41, 5.74) is 1.85. The van der Waals surface area contributed by atoms with Crippen LogP contribution in [0.4, 0.5) is 5.69 Å². The molecule has 0 bridgehead atoms. The molecule has 3 fully saturated rings. The number of hydrogen-bond acceptors (Lipinski definition) is 4. The molecule has 1 aromatic rings. The molecule has 3 aliphatic rings. The highest BCUT2D eigenvalue weighted by molar-refractivity contribution is 5.95. The van der Waals surface area contributed by atoms with E-state index in [1.54, 1.807) is 6.20 Å². The Hall–Kier alpha value is -1.40. The van der Waals surface area contributed by atoms with Crippen molar-refractivity contribution in [2.45, 2.75) is 37.7 Å². The van der Waals surface area contributed by atoms with E-state index in [1.165, 1.54) is 12.8 Å². The fraction of sp³-hybridized carbons (Fsp3) is 0.733. The molecule has 4 atom stereocenters. The van der Waals surface area contributed by atoms with E-state index in [1.807, 2.05) is 0 Å². The molecule has 21 heavy (non-hydrogen) atoms. The number of aromatic amines is 1. The molecule has 0 spiro atoms. The lowest BCUT2D eigenvalue weighted by molar-refractivity contribution is -0.126. The molecule has 6 heteroatoms. The Kier molecular flexibility index (Phi) is 3.43. The van der Waals surface area contributed by atoms with Gasteiger partial charge in [0.05, 0.1) is 24.2 Å². The van der Waals surface area contributed by atoms with E-state index in [4.69, 9.17) is 4.74 Å². The molecule has 6 nitrogen and oxygen atoms in total. The molecular weight excluding hydrogens is 268 g/mol. The molecular formula is C15H22N4O2. The minimum atomic E-state index is -0.276. The normalized spacial score (nSPS) is 35.0. The minimum absolute atomic E-state index is 0.00185. The molecule has 0 aromatic carbocycles. The number of H-pyrrole nitrogens is 1. The largest absolute Gasteiger partial charge is 0.368 e. The van der Waals surface area contributed by atoms with Crippen molar-refractivity contribution in [3.05, 3.63) is 11.9 Å². The van der Waals surface area contributed by atoms with Crippen LogP contribution in [0.15, 0.2) is 6.20 Å². The Morgan fingerprint density at radius 1 is 1.38 bits per heavy atom. The van der Waals surface area contributed by atoms with Gasteiger partial charge in [-0.3, -0.25) is 9.89 Å². The van der Waals surface area contributed by atoms with Gasteiger partial charge in [-0.15, -0.1) is 0 Å². The maximum Gasteiger partial charge on any atom is 0.253 e. The van der Waals surface area contributed by atoms with Crippen LogP contribution in [0.3, 0.4) is 0 Å². The molecule has 114 valence electrons. The summed E-state index contributed by atoms with van der Waals surface area (Å²) in [6.07, 6.45) is 6.07.